The minimum atomic E-state index is -0.723. The number of ether oxygens (including phenoxy) is 1. The van der Waals surface area contributed by atoms with Crippen LogP contribution in [0.5, 0.6) is 5.88 Å². The summed E-state index contributed by atoms with van der Waals surface area (Å²) < 4.78 is 8.70. The second-order valence-corrected chi connectivity index (χ2v) is 6.26. The maximum atomic E-state index is 12.6. The van der Waals surface area contributed by atoms with Crippen LogP contribution >= 0.6 is 15.9 Å². The number of carbonyl (C=O) groups excluding carboxylic acids is 1. The van der Waals surface area contributed by atoms with Crippen molar-refractivity contribution in [2.75, 3.05) is 14.2 Å². The van der Waals surface area contributed by atoms with Crippen LogP contribution in [0.25, 0.3) is 0 Å². The highest BCUT2D eigenvalue weighted by molar-refractivity contribution is 9.10. The van der Waals surface area contributed by atoms with Crippen LogP contribution in [0.15, 0.2) is 16.9 Å². The van der Waals surface area contributed by atoms with Crippen molar-refractivity contribution < 1.29 is 14.5 Å². The second-order valence-electron chi connectivity index (χ2n) is 5.41. The van der Waals surface area contributed by atoms with Gasteiger partial charge in [-0.3, -0.25) is 19.6 Å². The molecule has 0 saturated carbocycles. The average molecular weight is 415 g/mol. The Labute approximate surface area is 152 Å². The molecule has 1 unspecified atom stereocenters. The molecule has 2 heterocycles. The molecule has 11 heteroatoms. The number of hydrogen-bond acceptors (Lipinski definition) is 6. The van der Waals surface area contributed by atoms with E-state index in [0.717, 1.165) is 16.7 Å². The van der Waals surface area contributed by atoms with Gasteiger partial charge in [0.25, 0.3) is 0 Å². The van der Waals surface area contributed by atoms with Gasteiger partial charge in [-0.1, -0.05) is 0 Å². The van der Waals surface area contributed by atoms with Crippen molar-refractivity contribution in [1.29, 1.82) is 0 Å². The highest BCUT2D eigenvalue weighted by atomic mass is 79.9. The minimum absolute atomic E-state index is 0.128. The lowest BCUT2D eigenvalue weighted by Gasteiger charge is -2.20. The molecule has 0 bridgehead atoms. The van der Waals surface area contributed by atoms with E-state index in [1.165, 1.54) is 22.9 Å². The number of nitro groups is 1. The molecule has 136 valence electrons. The molecule has 0 radical (unpaired) electrons. The third-order valence-corrected chi connectivity index (χ3v) is 4.36. The van der Waals surface area contributed by atoms with E-state index < -0.39 is 11.0 Å². The number of amides is 1. The average Bonchev–Trinajstić information content (AvgIpc) is 3.17. The fraction of sp³-hybridized carbons (Fsp3) is 0.500. The van der Waals surface area contributed by atoms with E-state index in [4.69, 9.17) is 4.74 Å². The molecule has 2 aromatic rings. The Hall–Kier alpha value is -2.43. The van der Waals surface area contributed by atoms with Crippen molar-refractivity contribution >= 4 is 27.5 Å². The first-order valence-electron chi connectivity index (χ1n) is 7.52. The van der Waals surface area contributed by atoms with Gasteiger partial charge in [-0.25, -0.2) is 4.68 Å². The Kier molecular flexibility index (Phi) is 5.77. The Morgan fingerprint density at radius 3 is 2.64 bits per heavy atom. The highest BCUT2D eigenvalue weighted by Gasteiger charge is 2.27. The van der Waals surface area contributed by atoms with Crippen molar-refractivity contribution in [2.24, 2.45) is 0 Å². The summed E-state index contributed by atoms with van der Waals surface area (Å²) in [6.07, 6.45) is 3.04. The number of halogens is 1. The smallest absolute Gasteiger partial charge is 0.350 e. The molecular formula is C14H19BrN6O4. The Morgan fingerprint density at radius 2 is 2.16 bits per heavy atom. The molecule has 0 saturated heterocycles. The van der Waals surface area contributed by atoms with Crippen LogP contribution in [0.3, 0.4) is 0 Å². The van der Waals surface area contributed by atoms with E-state index in [1.807, 2.05) is 13.1 Å². The van der Waals surface area contributed by atoms with E-state index in [-0.39, 0.29) is 17.5 Å². The number of carbonyl (C=O) groups is 1. The van der Waals surface area contributed by atoms with Crippen molar-refractivity contribution in [3.63, 3.8) is 0 Å². The molecule has 0 spiro atoms. The summed E-state index contributed by atoms with van der Waals surface area (Å²) in [6, 6.07) is -0.723. The van der Waals surface area contributed by atoms with E-state index >= 15 is 0 Å². The zero-order chi connectivity index (χ0) is 18.7. The van der Waals surface area contributed by atoms with Gasteiger partial charge in [0.1, 0.15) is 12.2 Å². The van der Waals surface area contributed by atoms with Crippen LogP contribution in [0, 0.1) is 10.1 Å². The van der Waals surface area contributed by atoms with Crippen LogP contribution in [-0.2, 0) is 17.9 Å². The summed E-state index contributed by atoms with van der Waals surface area (Å²) in [6.45, 7) is 4.62. The molecule has 2 rings (SSSR count). The van der Waals surface area contributed by atoms with Gasteiger partial charge in [-0.2, -0.15) is 5.10 Å². The lowest BCUT2D eigenvalue weighted by atomic mass is 10.3. The molecule has 1 amide bonds. The summed E-state index contributed by atoms with van der Waals surface area (Å²) in [5.41, 5.74) is 0.447. The van der Waals surface area contributed by atoms with Crippen LogP contribution in [0.2, 0.25) is 0 Å². The number of rotatable bonds is 7. The first-order valence-corrected chi connectivity index (χ1v) is 8.32. The molecule has 2 aromatic heterocycles. The maximum absolute atomic E-state index is 12.6. The van der Waals surface area contributed by atoms with Crippen LogP contribution in [0.1, 0.15) is 25.6 Å². The molecule has 0 aliphatic heterocycles. The van der Waals surface area contributed by atoms with Gasteiger partial charge < -0.3 is 9.64 Å². The number of aromatic nitrogens is 4. The molecule has 10 nitrogen and oxygen atoms in total. The van der Waals surface area contributed by atoms with Crippen molar-refractivity contribution in [2.45, 2.75) is 33.0 Å². The first-order chi connectivity index (χ1) is 11.8. The number of methoxy groups -OCH3 is 1. The van der Waals surface area contributed by atoms with Gasteiger partial charge in [0.15, 0.2) is 0 Å². The third-order valence-electron chi connectivity index (χ3n) is 3.70. The lowest BCUT2D eigenvalue weighted by Crippen LogP contribution is -2.33. The summed E-state index contributed by atoms with van der Waals surface area (Å²) in [5.74, 6) is -0.380. The summed E-state index contributed by atoms with van der Waals surface area (Å²) in [4.78, 5) is 24.5. The maximum Gasteiger partial charge on any atom is 0.350 e. The van der Waals surface area contributed by atoms with Crippen LogP contribution in [-0.4, -0.2) is 49.4 Å². The topological polar surface area (TPSA) is 108 Å². The quantitative estimate of drug-likeness (QED) is 0.506. The van der Waals surface area contributed by atoms with Gasteiger partial charge in [-0.05, 0) is 29.8 Å². The van der Waals surface area contributed by atoms with Gasteiger partial charge in [0.05, 0.1) is 28.7 Å². The summed E-state index contributed by atoms with van der Waals surface area (Å²) in [7, 11) is 2.94. The predicted molar refractivity (Wildman–Crippen MR) is 92.2 cm³/mol. The third kappa shape index (κ3) is 3.98. The summed E-state index contributed by atoms with van der Waals surface area (Å²) in [5, 5.41) is 19.3. The molecular weight excluding hydrogens is 396 g/mol. The number of aryl methyl sites for hydroxylation is 1. The highest BCUT2D eigenvalue weighted by Crippen LogP contribution is 2.26. The van der Waals surface area contributed by atoms with E-state index in [9.17, 15) is 14.9 Å². The number of nitrogens with zero attached hydrogens (tertiary/aromatic N) is 6. The molecule has 25 heavy (non-hydrogen) atoms. The predicted octanol–water partition coefficient (Wildman–Crippen LogP) is 2.00. The van der Waals surface area contributed by atoms with Gasteiger partial charge in [0.2, 0.25) is 5.91 Å². The van der Waals surface area contributed by atoms with Gasteiger partial charge in [-0.15, -0.1) is 5.10 Å². The van der Waals surface area contributed by atoms with Gasteiger partial charge in [0, 0.05) is 19.8 Å². The van der Waals surface area contributed by atoms with Gasteiger partial charge >= 0.3 is 11.6 Å². The number of hydrogen-bond donors (Lipinski definition) is 0. The van der Waals surface area contributed by atoms with Crippen LogP contribution < -0.4 is 4.74 Å². The van der Waals surface area contributed by atoms with Crippen molar-refractivity contribution in [1.82, 2.24) is 24.5 Å². The normalized spacial score (nSPS) is 12.0. The Balaban J connectivity index is 2.15. The summed E-state index contributed by atoms with van der Waals surface area (Å²) >= 11 is 3.43. The zero-order valence-electron chi connectivity index (χ0n) is 14.3. The van der Waals surface area contributed by atoms with E-state index in [0.29, 0.717) is 6.54 Å². The minimum Gasteiger partial charge on any atom is -0.475 e. The molecule has 0 aliphatic carbocycles. The molecule has 0 aromatic carbocycles. The molecule has 0 fully saturated rings. The standard InChI is InChI=1S/C14H19BrN6O4/c1-5-19-6-10(15)11(16-19)7-18(3)14(22)9(2)20-8-12(21(23)24)13(17-20)25-4/h6,8-9H,5,7H2,1-4H3. The largest absolute Gasteiger partial charge is 0.475 e. The van der Waals surface area contributed by atoms with Crippen molar-refractivity contribution in [3.8, 4) is 5.88 Å². The Morgan fingerprint density at radius 1 is 1.48 bits per heavy atom. The fourth-order valence-corrected chi connectivity index (χ4v) is 2.72. The monoisotopic (exact) mass is 414 g/mol. The number of likely N-dealkylation sites (N-methyl/N-ethyl adjacent to an activating group) is 1. The Bertz CT molecular complexity index is 786. The fourth-order valence-electron chi connectivity index (χ4n) is 2.28. The van der Waals surface area contributed by atoms with Crippen LogP contribution in [0.4, 0.5) is 5.69 Å². The zero-order valence-corrected chi connectivity index (χ0v) is 15.9. The van der Waals surface area contributed by atoms with Crippen molar-refractivity contribution in [3.05, 3.63) is 32.7 Å². The first kappa shape index (κ1) is 18.9. The second kappa shape index (κ2) is 7.64. The molecule has 0 aliphatic rings. The molecule has 0 N–H and O–H groups in total. The lowest BCUT2D eigenvalue weighted by molar-refractivity contribution is -0.385. The SMILES string of the molecule is CCn1cc(Br)c(CN(C)C(=O)C(C)n2cc([N+](=O)[O-])c(OC)n2)n1. The van der Waals surface area contributed by atoms with E-state index in [2.05, 4.69) is 26.1 Å². The van der Waals surface area contributed by atoms with E-state index in [1.54, 1.807) is 18.7 Å². The molecule has 1 atom stereocenters.